The highest BCUT2D eigenvalue weighted by molar-refractivity contribution is 7.89. The Bertz CT molecular complexity index is 1240. The number of rotatable bonds is 5. The summed E-state index contributed by atoms with van der Waals surface area (Å²) in [7, 11) is -3.85. The normalized spacial score (nSPS) is 20.4. The molecule has 0 spiro atoms. The average Bonchev–Trinajstić information content (AvgIpc) is 2.73. The molecule has 1 fully saturated rings. The first-order valence-corrected chi connectivity index (χ1v) is 12.3. The Labute approximate surface area is 198 Å². The minimum Gasteiger partial charge on any atom is -0.451 e. The lowest BCUT2D eigenvalue weighted by molar-refractivity contribution is -0.150. The average molecular weight is 492 g/mol. The van der Waals surface area contributed by atoms with E-state index >= 15 is 4.39 Å². The van der Waals surface area contributed by atoms with Crippen LogP contribution >= 0.6 is 0 Å². The molecule has 7 nitrogen and oxygen atoms in total. The van der Waals surface area contributed by atoms with Gasteiger partial charge in [-0.05, 0) is 58.2 Å². The molecular weight excluding hydrogens is 464 g/mol. The van der Waals surface area contributed by atoms with Crippen LogP contribution in [0.5, 0.6) is 0 Å². The summed E-state index contributed by atoms with van der Waals surface area (Å²) in [4.78, 5) is 15.1. The fourth-order valence-electron chi connectivity index (χ4n) is 3.94. The second-order valence-corrected chi connectivity index (χ2v) is 11.4. The molecule has 0 aliphatic carbocycles. The van der Waals surface area contributed by atoms with Crippen LogP contribution in [0.4, 0.5) is 8.78 Å². The van der Waals surface area contributed by atoms with Crippen molar-refractivity contribution in [2.75, 3.05) is 0 Å². The van der Waals surface area contributed by atoms with Gasteiger partial charge in [0.1, 0.15) is 28.0 Å². The van der Waals surface area contributed by atoms with Crippen molar-refractivity contribution < 1.29 is 31.5 Å². The molecule has 2 aromatic rings. The largest absolute Gasteiger partial charge is 0.451 e. The van der Waals surface area contributed by atoms with Crippen LogP contribution in [0.2, 0.25) is 0 Å². The fraction of sp³-hybridized carbons (Fsp3) is 0.417. The predicted molar refractivity (Wildman–Crippen MR) is 122 cm³/mol. The monoisotopic (exact) mass is 491 g/mol. The van der Waals surface area contributed by atoms with Gasteiger partial charge in [-0.15, -0.1) is 0 Å². The highest BCUT2D eigenvalue weighted by Gasteiger charge is 2.41. The number of carbonyl (C=O) groups excluding carboxylic acids is 1. The Hall–Kier alpha value is -2.94. The Morgan fingerprint density at radius 2 is 1.79 bits per heavy atom. The van der Waals surface area contributed by atoms with Crippen molar-refractivity contribution in [3.8, 4) is 0 Å². The van der Waals surface area contributed by atoms with E-state index in [9.17, 15) is 23.1 Å². The number of hydrogen-bond donors (Lipinski definition) is 0. The van der Waals surface area contributed by atoms with E-state index in [1.54, 1.807) is 58.0 Å². The van der Waals surface area contributed by atoms with E-state index in [0.29, 0.717) is 24.5 Å². The van der Waals surface area contributed by atoms with Crippen molar-refractivity contribution in [3.05, 3.63) is 76.3 Å². The minimum absolute atomic E-state index is 0.202. The van der Waals surface area contributed by atoms with Gasteiger partial charge < -0.3 is 10.3 Å². The third-order valence-electron chi connectivity index (χ3n) is 5.61. The number of halogens is 2. The zero-order chi connectivity index (χ0) is 25.3. The summed E-state index contributed by atoms with van der Waals surface area (Å²) in [6.45, 7) is 6.06. The van der Waals surface area contributed by atoms with E-state index in [1.807, 2.05) is 0 Å². The summed E-state index contributed by atoms with van der Waals surface area (Å²) in [6, 6.07) is 9.88. The molecule has 0 amide bonds. The van der Waals surface area contributed by atoms with Crippen LogP contribution in [0.1, 0.15) is 62.5 Å². The van der Waals surface area contributed by atoms with Crippen molar-refractivity contribution in [1.82, 2.24) is 4.31 Å². The molecule has 0 saturated carbocycles. The Morgan fingerprint density at radius 3 is 2.38 bits per heavy atom. The Kier molecular flexibility index (Phi) is 7.35. The van der Waals surface area contributed by atoms with Gasteiger partial charge in [0.05, 0.1) is 0 Å². The molecule has 2 aromatic carbocycles. The van der Waals surface area contributed by atoms with E-state index in [0.717, 1.165) is 6.07 Å². The third-order valence-corrected chi connectivity index (χ3v) is 7.98. The second-order valence-electron chi connectivity index (χ2n) is 9.29. The molecule has 0 radical (unpaired) electrons. The molecular formula is C24H27F2N3O4S. The molecule has 1 aliphatic heterocycles. The molecule has 0 unspecified atom stereocenters. The smallest absolute Gasteiger partial charge is 0.422 e. The van der Waals surface area contributed by atoms with Gasteiger partial charge in [-0.2, -0.15) is 9.10 Å². The van der Waals surface area contributed by atoms with Crippen molar-refractivity contribution in [1.29, 1.82) is 0 Å². The van der Waals surface area contributed by atoms with Gasteiger partial charge in [-0.25, -0.2) is 22.0 Å². The van der Waals surface area contributed by atoms with Crippen molar-refractivity contribution >= 4 is 21.7 Å². The van der Waals surface area contributed by atoms with Crippen LogP contribution in [-0.2, 0) is 26.1 Å². The van der Waals surface area contributed by atoms with Gasteiger partial charge >= 0.3 is 11.7 Å². The van der Waals surface area contributed by atoms with Gasteiger partial charge in [0, 0.05) is 18.2 Å². The van der Waals surface area contributed by atoms with Gasteiger partial charge in [0.15, 0.2) is 0 Å². The summed E-state index contributed by atoms with van der Waals surface area (Å²) in [5, 5.41) is -0.780. The summed E-state index contributed by atoms with van der Waals surface area (Å²) in [5.74, 6) is -3.11. The van der Waals surface area contributed by atoms with E-state index in [-0.39, 0.29) is 12.1 Å². The maximum atomic E-state index is 15.0. The minimum atomic E-state index is -3.85. The van der Waals surface area contributed by atoms with E-state index in [2.05, 4.69) is 4.79 Å². The quantitative estimate of drug-likeness (QED) is 0.268. The topological polar surface area (TPSA) is 100 Å². The number of benzene rings is 2. The van der Waals surface area contributed by atoms with Crippen molar-refractivity contribution in [3.63, 3.8) is 0 Å². The molecule has 182 valence electrons. The molecule has 34 heavy (non-hydrogen) atoms. The zero-order valence-electron chi connectivity index (χ0n) is 19.5. The number of carbonyl (C=O) groups is 1. The summed E-state index contributed by atoms with van der Waals surface area (Å²) in [5.41, 5.74) is 7.36. The lowest BCUT2D eigenvalue weighted by Crippen LogP contribution is -2.44. The molecule has 1 aliphatic rings. The van der Waals surface area contributed by atoms with Crippen LogP contribution < -0.4 is 0 Å². The maximum Gasteiger partial charge on any atom is 0.422 e. The summed E-state index contributed by atoms with van der Waals surface area (Å²) < 4.78 is 62.9. The van der Waals surface area contributed by atoms with Crippen molar-refractivity contribution in [2.24, 2.45) is 0 Å². The van der Waals surface area contributed by atoms with Crippen LogP contribution in [0.15, 0.2) is 42.5 Å². The fourth-order valence-corrected chi connectivity index (χ4v) is 6.13. The van der Waals surface area contributed by atoms with Crippen LogP contribution in [0, 0.1) is 11.6 Å². The van der Waals surface area contributed by atoms with Crippen LogP contribution in [0.3, 0.4) is 0 Å². The molecule has 0 aromatic heterocycles. The highest BCUT2D eigenvalue weighted by atomic mass is 32.2. The van der Waals surface area contributed by atoms with E-state index < -0.39 is 55.8 Å². The van der Waals surface area contributed by atoms with Gasteiger partial charge in [-0.3, -0.25) is 0 Å². The molecule has 10 heteroatoms. The molecule has 0 N–H and O–H groups in total. The Balaban J connectivity index is 1.93. The number of sulfonamides is 1. The first-order chi connectivity index (χ1) is 15.8. The number of esters is 1. The molecule has 1 heterocycles. The maximum absolute atomic E-state index is 15.0. The lowest BCUT2D eigenvalue weighted by Gasteiger charge is -2.37. The van der Waals surface area contributed by atoms with E-state index in [1.165, 1.54) is 4.31 Å². The lowest BCUT2D eigenvalue weighted by atomic mass is 10.0. The first-order valence-electron chi connectivity index (χ1n) is 10.8. The second kappa shape index (κ2) is 9.74. The Morgan fingerprint density at radius 1 is 1.15 bits per heavy atom. The predicted octanol–water partition coefficient (Wildman–Crippen LogP) is 4.38. The zero-order valence-corrected chi connectivity index (χ0v) is 20.3. The number of ether oxygens (including phenoxy) is 1. The van der Waals surface area contributed by atoms with Gasteiger partial charge in [-0.1, -0.05) is 30.3 Å². The number of hydrogen-bond acceptors (Lipinski definition) is 4. The summed E-state index contributed by atoms with van der Waals surface area (Å²) >= 11 is 0. The molecule has 1 saturated heterocycles. The van der Waals surface area contributed by atoms with Gasteiger partial charge in [0.2, 0.25) is 10.0 Å². The molecule has 0 bridgehead atoms. The highest BCUT2D eigenvalue weighted by Crippen LogP contribution is 2.38. The SMILES string of the molecule is C[C@H]1CC[C@H](c2ccccc2)S(=O)(=O)N1Cc1cc(F)c(C(=[N+]=[N-])C(=O)OC(C)(C)C)cc1F. The van der Waals surface area contributed by atoms with Crippen molar-refractivity contribution in [2.45, 2.75) is 64.0 Å². The standard InChI is InChI=1S/C24H27F2N3O4S/c1-15-10-11-21(16-8-6-5-7-9-16)34(31,32)29(15)14-17-12-20(26)18(13-19(17)25)22(28-27)23(30)33-24(2,3)4/h5-9,12-13,15,21H,10-11,14H2,1-4H3/t15-,21+/m0/s1. The number of nitrogens with zero attached hydrogens (tertiary/aromatic N) is 3. The van der Waals surface area contributed by atoms with Crippen LogP contribution in [-0.4, -0.2) is 40.8 Å². The van der Waals surface area contributed by atoms with E-state index in [4.69, 9.17) is 4.74 Å². The van der Waals surface area contributed by atoms with Gasteiger partial charge in [0.25, 0.3) is 0 Å². The summed E-state index contributed by atoms with van der Waals surface area (Å²) in [6.07, 6.45) is 0.979. The molecule has 3 rings (SSSR count). The van der Waals surface area contributed by atoms with Crippen LogP contribution in [0.25, 0.3) is 5.53 Å². The molecule has 2 atom stereocenters. The third kappa shape index (κ3) is 5.41. The first kappa shape index (κ1) is 25.7.